The van der Waals surface area contributed by atoms with E-state index in [0.717, 1.165) is 16.5 Å². The Balaban J connectivity index is 1.94. The van der Waals surface area contributed by atoms with E-state index in [0.29, 0.717) is 11.5 Å². The molecule has 1 heterocycles. The summed E-state index contributed by atoms with van der Waals surface area (Å²) in [5.74, 6) is -0.325. The number of thioether (sulfide) groups is 1. The van der Waals surface area contributed by atoms with Gasteiger partial charge in [0.1, 0.15) is 6.04 Å². The predicted molar refractivity (Wildman–Crippen MR) is 83.1 cm³/mol. The van der Waals surface area contributed by atoms with Crippen LogP contribution in [-0.4, -0.2) is 33.8 Å². The van der Waals surface area contributed by atoms with Gasteiger partial charge in [-0.2, -0.15) is 11.8 Å². The number of aromatic nitrogens is 1. The fourth-order valence-corrected chi connectivity index (χ4v) is 2.92. The molecular weight excluding hydrogens is 288 g/mol. The summed E-state index contributed by atoms with van der Waals surface area (Å²) in [6, 6.07) is 9.01. The van der Waals surface area contributed by atoms with Crippen molar-refractivity contribution in [3.8, 4) is 0 Å². The van der Waals surface area contributed by atoms with Gasteiger partial charge < -0.3 is 10.4 Å². The molecular formula is C15H16N2O3S. The second kappa shape index (κ2) is 7.08. The average molecular weight is 304 g/mol. The maximum absolute atomic E-state index is 11.0. The summed E-state index contributed by atoms with van der Waals surface area (Å²) in [5.41, 5.74) is 2.04. The van der Waals surface area contributed by atoms with E-state index in [-0.39, 0.29) is 5.91 Å². The van der Waals surface area contributed by atoms with Gasteiger partial charge in [0.25, 0.3) is 0 Å². The lowest BCUT2D eigenvalue weighted by Crippen LogP contribution is -2.41. The zero-order chi connectivity index (χ0) is 15.2. The molecule has 2 N–H and O–H groups in total. The molecule has 2 aromatic rings. The first-order valence-corrected chi connectivity index (χ1v) is 7.63. The standard InChI is InChI=1S/C15H16N2O3S/c1-10(18)17-14(15(19)20)9-21-8-11-4-5-13-12(7-11)3-2-6-16-13/h2-7,14H,8-9H2,1H3,(H,17,18)(H,19,20). The molecule has 0 spiro atoms. The number of fused-ring (bicyclic) bond motifs is 1. The zero-order valence-electron chi connectivity index (χ0n) is 11.6. The summed E-state index contributed by atoms with van der Waals surface area (Å²) in [6.07, 6.45) is 1.75. The summed E-state index contributed by atoms with van der Waals surface area (Å²) in [7, 11) is 0. The van der Waals surface area contributed by atoms with Gasteiger partial charge in [0.2, 0.25) is 5.91 Å². The van der Waals surface area contributed by atoms with Crippen molar-refractivity contribution >= 4 is 34.5 Å². The number of carbonyl (C=O) groups excluding carboxylic acids is 1. The first-order chi connectivity index (χ1) is 10.1. The van der Waals surface area contributed by atoms with Gasteiger partial charge in [-0.05, 0) is 23.8 Å². The predicted octanol–water partition coefficient (Wildman–Crippen LogP) is 2.06. The number of pyridine rings is 1. The lowest BCUT2D eigenvalue weighted by molar-refractivity contribution is -0.140. The van der Waals surface area contributed by atoms with E-state index in [1.165, 1.54) is 18.7 Å². The molecule has 0 fully saturated rings. The third-order valence-electron chi connectivity index (χ3n) is 2.90. The number of carboxylic acids is 1. The first kappa shape index (κ1) is 15.3. The van der Waals surface area contributed by atoms with Crippen molar-refractivity contribution in [3.05, 3.63) is 42.1 Å². The highest BCUT2D eigenvalue weighted by atomic mass is 32.2. The molecule has 1 aromatic heterocycles. The lowest BCUT2D eigenvalue weighted by Gasteiger charge is -2.12. The minimum Gasteiger partial charge on any atom is -0.480 e. The van der Waals surface area contributed by atoms with E-state index in [1.807, 2.05) is 30.3 Å². The van der Waals surface area contributed by atoms with Gasteiger partial charge in [0, 0.05) is 30.0 Å². The number of nitrogens with one attached hydrogen (secondary N) is 1. The van der Waals surface area contributed by atoms with Crippen molar-refractivity contribution in [2.75, 3.05) is 5.75 Å². The highest BCUT2D eigenvalue weighted by Crippen LogP contribution is 2.18. The molecule has 6 heteroatoms. The minimum absolute atomic E-state index is 0.333. The van der Waals surface area contributed by atoms with E-state index in [2.05, 4.69) is 10.3 Å². The molecule has 0 aliphatic carbocycles. The van der Waals surface area contributed by atoms with Gasteiger partial charge in [-0.1, -0.05) is 12.1 Å². The van der Waals surface area contributed by atoms with E-state index in [1.54, 1.807) is 6.20 Å². The number of hydrogen-bond donors (Lipinski definition) is 2. The maximum Gasteiger partial charge on any atom is 0.327 e. The number of rotatable bonds is 6. The van der Waals surface area contributed by atoms with Crippen LogP contribution in [0.3, 0.4) is 0 Å². The maximum atomic E-state index is 11.0. The highest BCUT2D eigenvalue weighted by molar-refractivity contribution is 7.98. The van der Waals surface area contributed by atoms with Gasteiger partial charge in [-0.3, -0.25) is 9.78 Å². The zero-order valence-corrected chi connectivity index (χ0v) is 12.4. The van der Waals surface area contributed by atoms with Gasteiger partial charge in [0.05, 0.1) is 5.52 Å². The smallest absolute Gasteiger partial charge is 0.327 e. The monoisotopic (exact) mass is 304 g/mol. The molecule has 1 unspecified atom stereocenters. The summed E-state index contributed by atoms with van der Waals surface area (Å²) in [5, 5.41) is 12.5. The van der Waals surface area contributed by atoms with E-state index < -0.39 is 12.0 Å². The van der Waals surface area contributed by atoms with Crippen molar-refractivity contribution in [2.24, 2.45) is 0 Å². The van der Waals surface area contributed by atoms with Crippen LogP contribution in [0.4, 0.5) is 0 Å². The molecule has 1 amide bonds. The number of carboxylic acid groups (broad SMARTS) is 1. The molecule has 110 valence electrons. The Morgan fingerprint density at radius 3 is 2.90 bits per heavy atom. The van der Waals surface area contributed by atoms with Crippen LogP contribution in [0.1, 0.15) is 12.5 Å². The Bertz CT molecular complexity index is 660. The van der Waals surface area contributed by atoms with E-state index in [9.17, 15) is 9.59 Å². The topological polar surface area (TPSA) is 79.3 Å². The minimum atomic E-state index is -1.01. The molecule has 0 radical (unpaired) electrons. The quantitative estimate of drug-likeness (QED) is 0.854. The van der Waals surface area contributed by atoms with Crippen LogP contribution in [0, 0.1) is 0 Å². The second-order valence-electron chi connectivity index (χ2n) is 4.64. The van der Waals surface area contributed by atoms with Crippen LogP contribution < -0.4 is 5.32 Å². The first-order valence-electron chi connectivity index (χ1n) is 6.47. The second-order valence-corrected chi connectivity index (χ2v) is 5.67. The fourth-order valence-electron chi connectivity index (χ4n) is 1.93. The van der Waals surface area contributed by atoms with Crippen LogP contribution in [-0.2, 0) is 15.3 Å². The number of aliphatic carboxylic acids is 1. The Labute approximate surface area is 126 Å². The van der Waals surface area contributed by atoms with E-state index >= 15 is 0 Å². The summed E-state index contributed by atoms with van der Waals surface area (Å²) >= 11 is 1.48. The molecule has 0 bridgehead atoms. The Morgan fingerprint density at radius 1 is 1.38 bits per heavy atom. The molecule has 0 saturated carbocycles. The number of benzene rings is 1. The molecule has 0 aliphatic heterocycles. The number of carbonyl (C=O) groups is 2. The summed E-state index contributed by atoms with van der Waals surface area (Å²) in [4.78, 5) is 26.2. The third-order valence-corrected chi connectivity index (χ3v) is 4.00. The van der Waals surface area contributed by atoms with Crippen molar-refractivity contribution in [1.82, 2.24) is 10.3 Å². The molecule has 0 aliphatic rings. The van der Waals surface area contributed by atoms with E-state index in [4.69, 9.17) is 5.11 Å². The largest absolute Gasteiger partial charge is 0.480 e. The number of amides is 1. The van der Waals surface area contributed by atoms with Crippen molar-refractivity contribution in [2.45, 2.75) is 18.7 Å². The fraction of sp³-hybridized carbons (Fsp3) is 0.267. The van der Waals surface area contributed by atoms with Crippen LogP contribution in [0.15, 0.2) is 36.5 Å². The third kappa shape index (κ3) is 4.46. The molecule has 2 rings (SSSR count). The van der Waals surface area contributed by atoms with Gasteiger partial charge in [-0.25, -0.2) is 4.79 Å². The lowest BCUT2D eigenvalue weighted by atomic mass is 10.1. The Morgan fingerprint density at radius 2 is 2.19 bits per heavy atom. The summed E-state index contributed by atoms with van der Waals surface area (Å²) in [6.45, 7) is 1.32. The van der Waals surface area contributed by atoms with Crippen molar-refractivity contribution in [3.63, 3.8) is 0 Å². The molecule has 5 nitrogen and oxygen atoms in total. The average Bonchev–Trinajstić information content (AvgIpc) is 2.45. The number of nitrogens with zero attached hydrogens (tertiary/aromatic N) is 1. The molecule has 0 saturated heterocycles. The Kier molecular flexibility index (Phi) is 5.16. The van der Waals surface area contributed by atoms with Gasteiger partial charge >= 0.3 is 5.97 Å². The van der Waals surface area contributed by atoms with Crippen LogP contribution in [0.2, 0.25) is 0 Å². The number of hydrogen-bond acceptors (Lipinski definition) is 4. The van der Waals surface area contributed by atoms with Crippen LogP contribution >= 0.6 is 11.8 Å². The van der Waals surface area contributed by atoms with Gasteiger partial charge in [0.15, 0.2) is 0 Å². The van der Waals surface area contributed by atoms with Crippen molar-refractivity contribution < 1.29 is 14.7 Å². The highest BCUT2D eigenvalue weighted by Gasteiger charge is 2.17. The molecule has 21 heavy (non-hydrogen) atoms. The van der Waals surface area contributed by atoms with Crippen molar-refractivity contribution in [1.29, 1.82) is 0 Å². The van der Waals surface area contributed by atoms with Gasteiger partial charge in [-0.15, -0.1) is 0 Å². The normalized spacial score (nSPS) is 12.0. The molecule has 1 aromatic carbocycles. The van der Waals surface area contributed by atoms with Crippen LogP contribution in [0.5, 0.6) is 0 Å². The summed E-state index contributed by atoms with van der Waals surface area (Å²) < 4.78 is 0. The van der Waals surface area contributed by atoms with Crippen LogP contribution in [0.25, 0.3) is 10.9 Å². The Hall–Kier alpha value is -2.08. The SMILES string of the molecule is CC(=O)NC(CSCc1ccc2ncccc2c1)C(=O)O. The molecule has 1 atom stereocenters.